The second-order valence-electron chi connectivity index (χ2n) is 6.20. The first-order chi connectivity index (χ1) is 12.5. The molecule has 1 heterocycles. The molecule has 5 nitrogen and oxygen atoms in total. The summed E-state index contributed by atoms with van der Waals surface area (Å²) in [6.45, 7) is 3.45. The third kappa shape index (κ3) is 3.61. The molecule has 1 N–H and O–H groups in total. The zero-order valence-corrected chi connectivity index (χ0v) is 15.0. The summed E-state index contributed by atoms with van der Waals surface area (Å²) in [4.78, 5) is 28.2. The molecular weight excluding hydrogens is 330 g/mol. The van der Waals surface area contributed by atoms with Crippen LogP contribution < -0.4 is 4.74 Å². The Morgan fingerprint density at radius 3 is 2.65 bits per heavy atom. The van der Waals surface area contributed by atoms with Gasteiger partial charge in [-0.1, -0.05) is 30.3 Å². The molecule has 0 saturated heterocycles. The van der Waals surface area contributed by atoms with Crippen LogP contribution in [-0.4, -0.2) is 30.0 Å². The van der Waals surface area contributed by atoms with Crippen molar-refractivity contribution in [2.75, 3.05) is 7.11 Å². The van der Waals surface area contributed by atoms with Crippen LogP contribution in [0.1, 0.15) is 28.5 Å². The summed E-state index contributed by atoms with van der Waals surface area (Å²) < 4.78 is 10.5. The maximum atomic E-state index is 12.8. The Morgan fingerprint density at radius 2 is 1.88 bits per heavy atom. The third-order valence-electron chi connectivity index (χ3n) is 4.30. The van der Waals surface area contributed by atoms with Gasteiger partial charge in [-0.2, -0.15) is 0 Å². The quantitative estimate of drug-likeness (QED) is 0.541. The number of methoxy groups -OCH3 is 1. The predicted molar refractivity (Wildman–Crippen MR) is 99.6 cm³/mol. The molecule has 1 aromatic heterocycles. The summed E-state index contributed by atoms with van der Waals surface area (Å²) in [5.74, 6) is 0.0179. The number of benzene rings is 2. The van der Waals surface area contributed by atoms with Gasteiger partial charge in [-0.3, -0.25) is 9.59 Å². The van der Waals surface area contributed by atoms with E-state index in [9.17, 15) is 9.59 Å². The Labute approximate surface area is 151 Å². The van der Waals surface area contributed by atoms with E-state index in [1.807, 2.05) is 43.3 Å². The van der Waals surface area contributed by atoms with Crippen molar-refractivity contribution in [3.05, 3.63) is 65.4 Å². The summed E-state index contributed by atoms with van der Waals surface area (Å²) in [5, 5.41) is 0.839. The molecule has 0 aliphatic rings. The highest BCUT2D eigenvalue weighted by Crippen LogP contribution is 2.24. The molecule has 2 aromatic carbocycles. The molecule has 0 aliphatic heterocycles. The van der Waals surface area contributed by atoms with Gasteiger partial charge in [0.25, 0.3) is 0 Å². The molecule has 3 aromatic rings. The number of aromatic nitrogens is 1. The monoisotopic (exact) mass is 351 g/mol. The Hall–Kier alpha value is -3.08. The number of H-pyrrole nitrogens is 1. The van der Waals surface area contributed by atoms with Gasteiger partial charge in [0.15, 0.2) is 6.10 Å². The molecule has 0 amide bonds. The zero-order valence-electron chi connectivity index (χ0n) is 15.0. The Balaban J connectivity index is 1.72. The lowest BCUT2D eigenvalue weighted by molar-refractivity contribution is -0.145. The zero-order chi connectivity index (χ0) is 18.7. The fourth-order valence-electron chi connectivity index (χ4n) is 3.04. The van der Waals surface area contributed by atoms with E-state index in [4.69, 9.17) is 9.47 Å². The number of hydrogen-bond acceptors (Lipinski definition) is 4. The van der Waals surface area contributed by atoms with Crippen molar-refractivity contribution in [3.8, 4) is 5.75 Å². The van der Waals surface area contributed by atoms with Crippen molar-refractivity contribution in [3.63, 3.8) is 0 Å². The summed E-state index contributed by atoms with van der Waals surface area (Å²) in [5.41, 5.74) is 3.01. The topological polar surface area (TPSA) is 68.4 Å². The highest BCUT2D eigenvalue weighted by molar-refractivity contribution is 6.11. The minimum Gasteiger partial charge on any atom is -0.497 e. The van der Waals surface area contributed by atoms with Crippen molar-refractivity contribution >= 4 is 22.7 Å². The molecule has 0 bridgehead atoms. The van der Waals surface area contributed by atoms with Crippen molar-refractivity contribution in [1.29, 1.82) is 0 Å². The summed E-state index contributed by atoms with van der Waals surface area (Å²) >= 11 is 0. The fourth-order valence-corrected chi connectivity index (χ4v) is 3.04. The van der Waals surface area contributed by atoms with Crippen molar-refractivity contribution in [1.82, 2.24) is 4.98 Å². The molecule has 0 spiro atoms. The number of nitrogens with one attached hydrogen (secondary N) is 1. The number of fused-ring (bicyclic) bond motifs is 1. The molecule has 0 aliphatic carbocycles. The molecule has 5 heteroatoms. The van der Waals surface area contributed by atoms with Gasteiger partial charge in [-0.05, 0) is 37.6 Å². The maximum absolute atomic E-state index is 12.8. The van der Waals surface area contributed by atoms with Crippen LogP contribution in [0.4, 0.5) is 0 Å². The fraction of sp³-hybridized carbons (Fsp3) is 0.238. The normalized spacial score (nSPS) is 12.0. The Kier molecular flexibility index (Phi) is 5.07. The Morgan fingerprint density at radius 1 is 1.12 bits per heavy atom. The molecule has 0 fully saturated rings. The SMILES string of the molecule is COc1cccc(CC(=O)O[C@H](C)C(=O)c2c(C)[nH]c3ccccc23)c1. The lowest BCUT2D eigenvalue weighted by Crippen LogP contribution is -2.25. The highest BCUT2D eigenvalue weighted by atomic mass is 16.5. The molecule has 3 rings (SSSR count). The molecule has 134 valence electrons. The number of carbonyl (C=O) groups is 2. The molecule has 26 heavy (non-hydrogen) atoms. The van der Waals surface area contributed by atoms with E-state index < -0.39 is 12.1 Å². The summed E-state index contributed by atoms with van der Waals surface area (Å²) in [6.07, 6.45) is -0.771. The molecule has 1 atom stereocenters. The second-order valence-corrected chi connectivity index (χ2v) is 6.20. The van der Waals surface area contributed by atoms with E-state index >= 15 is 0 Å². The smallest absolute Gasteiger partial charge is 0.310 e. The summed E-state index contributed by atoms with van der Waals surface area (Å²) in [6, 6.07) is 14.8. The number of esters is 1. The first kappa shape index (κ1) is 17.7. The average molecular weight is 351 g/mol. The van der Waals surface area contributed by atoms with Crippen molar-refractivity contribution in [2.24, 2.45) is 0 Å². The number of aromatic amines is 1. The van der Waals surface area contributed by atoms with Gasteiger partial charge >= 0.3 is 5.97 Å². The van der Waals surface area contributed by atoms with Crippen molar-refractivity contribution in [2.45, 2.75) is 26.4 Å². The largest absolute Gasteiger partial charge is 0.497 e. The van der Waals surface area contributed by atoms with Gasteiger partial charge < -0.3 is 14.5 Å². The second kappa shape index (κ2) is 7.44. The van der Waals surface area contributed by atoms with E-state index in [2.05, 4.69) is 4.98 Å². The van der Waals surface area contributed by atoms with Crippen LogP contribution >= 0.6 is 0 Å². The van der Waals surface area contributed by atoms with Crippen LogP contribution in [-0.2, 0) is 16.0 Å². The molecule has 0 saturated carbocycles. The van der Waals surface area contributed by atoms with Crippen LogP contribution in [0, 0.1) is 6.92 Å². The van der Waals surface area contributed by atoms with E-state index in [-0.39, 0.29) is 12.2 Å². The van der Waals surface area contributed by atoms with Gasteiger partial charge in [0.1, 0.15) is 5.75 Å². The number of para-hydroxylation sites is 1. The third-order valence-corrected chi connectivity index (χ3v) is 4.30. The van der Waals surface area contributed by atoms with Crippen LogP contribution in [0.5, 0.6) is 5.75 Å². The molecule has 0 radical (unpaired) electrons. The number of Topliss-reactive ketones (excluding diaryl/α,β-unsaturated/α-hetero) is 1. The van der Waals surface area contributed by atoms with Crippen LogP contribution in [0.2, 0.25) is 0 Å². The van der Waals surface area contributed by atoms with Crippen LogP contribution in [0.15, 0.2) is 48.5 Å². The maximum Gasteiger partial charge on any atom is 0.310 e. The minimum atomic E-state index is -0.856. The Bertz CT molecular complexity index is 958. The number of aryl methyl sites for hydroxylation is 1. The van der Waals surface area contributed by atoms with Gasteiger partial charge in [-0.15, -0.1) is 0 Å². The number of hydrogen-bond donors (Lipinski definition) is 1. The van der Waals surface area contributed by atoms with Crippen LogP contribution in [0.3, 0.4) is 0 Å². The number of ketones is 1. The number of ether oxygens (including phenoxy) is 2. The number of rotatable bonds is 6. The number of carbonyl (C=O) groups excluding carboxylic acids is 2. The van der Waals surface area contributed by atoms with E-state index in [1.54, 1.807) is 26.2 Å². The average Bonchev–Trinajstić information content (AvgIpc) is 2.96. The predicted octanol–water partition coefficient (Wildman–Crippen LogP) is 3.84. The summed E-state index contributed by atoms with van der Waals surface area (Å²) in [7, 11) is 1.57. The van der Waals surface area contributed by atoms with Crippen molar-refractivity contribution < 1.29 is 19.1 Å². The minimum absolute atomic E-state index is 0.0850. The molecular formula is C21H21NO4. The lowest BCUT2D eigenvalue weighted by Gasteiger charge is -2.13. The van der Waals surface area contributed by atoms with Gasteiger partial charge in [0.05, 0.1) is 13.5 Å². The van der Waals surface area contributed by atoms with E-state index in [0.29, 0.717) is 11.3 Å². The standard InChI is InChI=1S/C21H21NO4/c1-13-20(17-9-4-5-10-18(17)22-13)21(24)14(2)26-19(23)12-15-7-6-8-16(11-15)25-3/h4-11,14,22H,12H2,1-3H3/t14-/m1/s1. The lowest BCUT2D eigenvalue weighted by atomic mass is 10.0. The van der Waals surface area contributed by atoms with Crippen LogP contribution in [0.25, 0.3) is 10.9 Å². The van der Waals surface area contributed by atoms with E-state index in [1.165, 1.54) is 0 Å². The first-order valence-corrected chi connectivity index (χ1v) is 8.43. The first-order valence-electron chi connectivity index (χ1n) is 8.43. The highest BCUT2D eigenvalue weighted by Gasteiger charge is 2.24. The van der Waals surface area contributed by atoms with Gasteiger partial charge in [0, 0.05) is 22.2 Å². The van der Waals surface area contributed by atoms with E-state index in [0.717, 1.165) is 22.2 Å². The van der Waals surface area contributed by atoms with Gasteiger partial charge in [-0.25, -0.2) is 0 Å². The molecule has 0 unspecified atom stereocenters. The van der Waals surface area contributed by atoms with Gasteiger partial charge in [0.2, 0.25) is 5.78 Å².